The smallest absolute Gasteiger partial charge is 0.0255 e. The minimum atomic E-state index is 0.661. The maximum Gasteiger partial charge on any atom is 0.0255 e. The van der Waals surface area contributed by atoms with Gasteiger partial charge in [0.05, 0.1) is 0 Å². The molecule has 0 unspecified atom stereocenters. The van der Waals surface area contributed by atoms with Crippen molar-refractivity contribution in [3.8, 4) is 0 Å². The van der Waals surface area contributed by atoms with Crippen LogP contribution >= 0.6 is 0 Å². The molecule has 1 fully saturated rings. The van der Waals surface area contributed by atoms with Gasteiger partial charge in [-0.2, -0.15) is 0 Å². The molecule has 0 spiro atoms. The van der Waals surface area contributed by atoms with Crippen molar-refractivity contribution in [2.75, 3.05) is 0 Å². The monoisotopic (exact) mass is 166 g/mol. The molecular formula is C10H18N2. The van der Waals surface area contributed by atoms with E-state index in [1.54, 1.807) is 0 Å². The molecule has 0 aromatic carbocycles. The SMILES string of the molecule is C/C(C=N)=C/NC1CCCCC1. The van der Waals surface area contributed by atoms with Crippen molar-refractivity contribution >= 4 is 6.21 Å². The average Bonchev–Trinajstić information content (AvgIpc) is 2.16. The average molecular weight is 166 g/mol. The Hall–Kier alpha value is -0.790. The largest absolute Gasteiger partial charge is 0.388 e. The van der Waals surface area contributed by atoms with Crippen molar-refractivity contribution in [3.05, 3.63) is 11.8 Å². The van der Waals surface area contributed by atoms with E-state index in [1.165, 1.54) is 38.3 Å². The minimum absolute atomic E-state index is 0.661. The molecule has 0 atom stereocenters. The van der Waals surface area contributed by atoms with E-state index in [0.29, 0.717) is 6.04 Å². The number of hydrogen-bond acceptors (Lipinski definition) is 2. The van der Waals surface area contributed by atoms with Crippen LogP contribution < -0.4 is 5.32 Å². The molecule has 1 aliphatic rings. The first kappa shape index (κ1) is 9.30. The number of rotatable bonds is 3. The predicted molar refractivity (Wildman–Crippen MR) is 52.5 cm³/mol. The first-order valence-corrected chi connectivity index (χ1v) is 4.76. The van der Waals surface area contributed by atoms with Gasteiger partial charge in [-0.05, 0) is 25.3 Å². The molecule has 0 radical (unpaired) electrons. The topological polar surface area (TPSA) is 35.9 Å². The van der Waals surface area contributed by atoms with Crippen LogP contribution in [0, 0.1) is 5.41 Å². The van der Waals surface area contributed by atoms with E-state index in [2.05, 4.69) is 5.32 Å². The summed E-state index contributed by atoms with van der Waals surface area (Å²) < 4.78 is 0. The predicted octanol–water partition coefficient (Wildman–Crippen LogP) is 2.46. The molecule has 68 valence electrons. The summed E-state index contributed by atoms with van der Waals surface area (Å²) in [6.07, 6.45) is 10.0. The Balaban J connectivity index is 2.25. The number of allylic oxidation sites excluding steroid dienone is 1. The highest BCUT2D eigenvalue weighted by Crippen LogP contribution is 2.17. The van der Waals surface area contributed by atoms with Crippen molar-refractivity contribution in [2.45, 2.75) is 45.1 Å². The first-order chi connectivity index (χ1) is 5.83. The molecule has 0 heterocycles. The van der Waals surface area contributed by atoms with Gasteiger partial charge in [-0.1, -0.05) is 19.3 Å². The summed E-state index contributed by atoms with van der Waals surface area (Å²) in [5.41, 5.74) is 1.00. The lowest BCUT2D eigenvalue weighted by atomic mass is 9.96. The van der Waals surface area contributed by atoms with E-state index in [0.717, 1.165) is 5.57 Å². The summed E-state index contributed by atoms with van der Waals surface area (Å²) >= 11 is 0. The molecule has 1 saturated carbocycles. The van der Waals surface area contributed by atoms with Crippen LogP contribution in [0.2, 0.25) is 0 Å². The van der Waals surface area contributed by atoms with Crippen LogP contribution in [0.25, 0.3) is 0 Å². The minimum Gasteiger partial charge on any atom is -0.388 e. The van der Waals surface area contributed by atoms with Gasteiger partial charge < -0.3 is 10.7 Å². The van der Waals surface area contributed by atoms with Gasteiger partial charge in [0.15, 0.2) is 0 Å². The lowest BCUT2D eigenvalue weighted by Crippen LogP contribution is -2.26. The van der Waals surface area contributed by atoms with E-state index in [-0.39, 0.29) is 0 Å². The Bertz CT molecular complexity index is 167. The molecule has 12 heavy (non-hydrogen) atoms. The van der Waals surface area contributed by atoms with Crippen molar-refractivity contribution in [1.29, 1.82) is 5.41 Å². The van der Waals surface area contributed by atoms with E-state index >= 15 is 0 Å². The Morgan fingerprint density at radius 3 is 2.58 bits per heavy atom. The molecule has 2 heteroatoms. The highest BCUT2D eigenvalue weighted by atomic mass is 14.9. The standard InChI is InChI=1S/C10H18N2/c1-9(7-11)8-12-10-5-3-2-4-6-10/h7-8,10-12H,2-6H2,1H3/b9-8-,11-7?. The summed E-state index contributed by atoms with van der Waals surface area (Å²) in [6, 6.07) is 0.661. The molecule has 0 amide bonds. The molecule has 0 aromatic rings. The van der Waals surface area contributed by atoms with Crippen LogP contribution in [0.15, 0.2) is 11.8 Å². The third-order valence-electron chi connectivity index (χ3n) is 2.38. The van der Waals surface area contributed by atoms with E-state index in [4.69, 9.17) is 5.41 Å². The second kappa shape index (κ2) is 4.96. The summed E-state index contributed by atoms with van der Waals surface area (Å²) in [5.74, 6) is 0. The fourth-order valence-corrected chi connectivity index (χ4v) is 1.56. The van der Waals surface area contributed by atoms with Crippen LogP contribution in [-0.4, -0.2) is 12.3 Å². The Kier molecular flexibility index (Phi) is 3.85. The summed E-state index contributed by atoms with van der Waals surface area (Å²) in [5, 5.41) is 10.4. The summed E-state index contributed by atoms with van der Waals surface area (Å²) in [6.45, 7) is 1.95. The van der Waals surface area contributed by atoms with E-state index in [1.807, 2.05) is 13.1 Å². The maximum atomic E-state index is 6.99. The zero-order chi connectivity index (χ0) is 8.81. The van der Waals surface area contributed by atoms with Crippen LogP contribution in [0.5, 0.6) is 0 Å². The molecule has 0 saturated heterocycles. The van der Waals surface area contributed by atoms with Crippen molar-refractivity contribution in [3.63, 3.8) is 0 Å². The normalized spacial score (nSPS) is 20.6. The maximum absolute atomic E-state index is 6.99. The number of hydrogen-bond donors (Lipinski definition) is 2. The number of nitrogens with one attached hydrogen (secondary N) is 2. The van der Waals surface area contributed by atoms with Gasteiger partial charge in [0.2, 0.25) is 0 Å². The highest BCUT2D eigenvalue weighted by molar-refractivity contribution is 5.74. The third-order valence-corrected chi connectivity index (χ3v) is 2.38. The zero-order valence-electron chi connectivity index (χ0n) is 7.77. The molecule has 2 nitrogen and oxygen atoms in total. The molecule has 0 bridgehead atoms. The second-order valence-electron chi connectivity index (χ2n) is 3.53. The Labute approximate surface area is 74.6 Å². The van der Waals surface area contributed by atoms with Crippen molar-refractivity contribution < 1.29 is 0 Å². The van der Waals surface area contributed by atoms with Gasteiger partial charge in [0.1, 0.15) is 0 Å². The van der Waals surface area contributed by atoms with Crippen molar-refractivity contribution in [1.82, 2.24) is 5.32 Å². The lowest BCUT2D eigenvalue weighted by Gasteiger charge is -2.21. The van der Waals surface area contributed by atoms with Crippen molar-refractivity contribution in [2.24, 2.45) is 0 Å². The van der Waals surface area contributed by atoms with Gasteiger partial charge in [0.25, 0.3) is 0 Å². The van der Waals surface area contributed by atoms with Gasteiger partial charge in [0, 0.05) is 18.5 Å². The van der Waals surface area contributed by atoms with Crippen LogP contribution in [0.1, 0.15) is 39.0 Å². The Morgan fingerprint density at radius 2 is 2.00 bits per heavy atom. The molecule has 2 N–H and O–H groups in total. The van der Waals surface area contributed by atoms with E-state index in [9.17, 15) is 0 Å². The van der Waals surface area contributed by atoms with Gasteiger partial charge >= 0.3 is 0 Å². The van der Waals surface area contributed by atoms with Crippen LogP contribution in [0.4, 0.5) is 0 Å². The molecule has 1 aliphatic carbocycles. The molecule has 0 aromatic heterocycles. The van der Waals surface area contributed by atoms with Crippen LogP contribution in [-0.2, 0) is 0 Å². The van der Waals surface area contributed by atoms with Gasteiger partial charge in [-0.25, -0.2) is 0 Å². The second-order valence-corrected chi connectivity index (χ2v) is 3.53. The van der Waals surface area contributed by atoms with Gasteiger partial charge in [-0.3, -0.25) is 0 Å². The molecule has 0 aliphatic heterocycles. The fraction of sp³-hybridized carbons (Fsp3) is 0.700. The summed E-state index contributed by atoms with van der Waals surface area (Å²) in [4.78, 5) is 0. The van der Waals surface area contributed by atoms with E-state index < -0.39 is 0 Å². The Morgan fingerprint density at radius 1 is 1.33 bits per heavy atom. The zero-order valence-corrected chi connectivity index (χ0v) is 7.77. The highest BCUT2D eigenvalue weighted by Gasteiger charge is 2.10. The fourth-order valence-electron chi connectivity index (χ4n) is 1.56. The summed E-state index contributed by atoms with van der Waals surface area (Å²) in [7, 11) is 0. The lowest BCUT2D eigenvalue weighted by molar-refractivity contribution is 0.404. The van der Waals surface area contributed by atoms with Gasteiger partial charge in [-0.15, -0.1) is 0 Å². The first-order valence-electron chi connectivity index (χ1n) is 4.76. The molecule has 1 rings (SSSR count). The van der Waals surface area contributed by atoms with Crippen LogP contribution in [0.3, 0.4) is 0 Å². The molecular weight excluding hydrogens is 148 g/mol. The third kappa shape index (κ3) is 3.07. The quantitative estimate of drug-likeness (QED) is 0.621.